The van der Waals surface area contributed by atoms with E-state index < -0.39 is 4.92 Å². The zero-order valence-corrected chi connectivity index (χ0v) is 17.1. The lowest BCUT2D eigenvalue weighted by molar-refractivity contribution is -0.384. The molecule has 32 heavy (non-hydrogen) atoms. The molecule has 2 bridgehead atoms. The van der Waals surface area contributed by atoms with Crippen LogP contribution in [0.4, 0.5) is 5.69 Å². The molecule has 9 heteroatoms. The predicted molar refractivity (Wildman–Crippen MR) is 111 cm³/mol. The minimum absolute atomic E-state index is 0.0902. The van der Waals surface area contributed by atoms with Gasteiger partial charge in [0, 0.05) is 6.07 Å². The summed E-state index contributed by atoms with van der Waals surface area (Å²) in [4.78, 5) is 36.4. The molecule has 1 saturated heterocycles. The normalized spacial score (nSPS) is 31.8. The molecule has 2 amide bonds. The van der Waals surface area contributed by atoms with Gasteiger partial charge in [0.1, 0.15) is 17.3 Å². The Kier molecular flexibility index (Phi) is 3.93. The third-order valence-corrected chi connectivity index (χ3v) is 7.23. The molecule has 5 aliphatic rings. The van der Waals surface area contributed by atoms with Crippen molar-refractivity contribution in [1.29, 1.82) is 0 Å². The maximum atomic E-state index is 13.0. The van der Waals surface area contributed by atoms with Crippen molar-refractivity contribution in [2.75, 3.05) is 7.11 Å². The minimum atomic E-state index is -0.501. The first kappa shape index (κ1) is 19.0. The SMILES string of the molecule is COc1cc([N+](=O)[O-])ccc1-c1ccc(/C=N/N2C(=O)[C@@H]3[C@@H]4C=C[C@H]([C@H]5C[C@H]45)[C@@H]3C2=O)o1. The number of imide groups is 1. The monoisotopic (exact) mass is 433 g/mol. The van der Waals surface area contributed by atoms with Gasteiger partial charge in [-0.3, -0.25) is 19.7 Å². The van der Waals surface area contributed by atoms with Gasteiger partial charge >= 0.3 is 0 Å². The lowest BCUT2D eigenvalue weighted by atomic mass is 9.63. The Hall–Kier alpha value is -3.75. The zero-order valence-electron chi connectivity index (χ0n) is 17.1. The van der Waals surface area contributed by atoms with Crippen LogP contribution in [0.3, 0.4) is 0 Å². The van der Waals surface area contributed by atoms with Crippen LogP contribution in [0.5, 0.6) is 5.75 Å². The van der Waals surface area contributed by atoms with Crippen molar-refractivity contribution in [3.63, 3.8) is 0 Å². The number of nitrogens with zero attached hydrogens (tertiary/aromatic N) is 3. The van der Waals surface area contributed by atoms with Crippen LogP contribution in [0.2, 0.25) is 0 Å². The summed E-state index contributed by atoms with van der Waals surface area (Å²) in [5.41, 5.74) is 0.450. The molecule has 2 saturated carbocycles. The van der Waals surface area contributed by atoms with Gasteiger partial charge in [0.25, 0.3) is 17.5 Å². The Morgan fingerprint density at radius 3 is 2.44 bits per heavy atom. The average Bonchev–Trinajstić information content (AvgIpc) is 3.44. The van der Waals surface area contributed by atoms with Gasteiger partial charge in [0.2, 0.25) is 0 Å². The first-order valence-electron chi connectivity index (χ1n) is 10.5. The zero-order chi connectivity index (χ0) is 22.1. The Labute approximate surface area is 182 Å². The van der Waals surface area contributed by atoms with Gasteiger partial charge in [-0.1, -0.05) is 12.2 Å². The Morgan fingerprint density at radius 1 is 1.12 bits per heavy atom. The number of rotatable bonds is 5. The van der Waals surface area contributed by atoms with Crippen molar-refractivity contribution in [1.82, 2.24) is 5.01 Å². The fraction of sp³-hybridized carbons (Fsp3) is 0.348. The Balaban J connectivity index is 1.24. The molecule has 0 unspecified atom stereocenters. The summed E-state index contributed by atoms with van der Waals surface area (Å²) in [6.07, 6.45) is 6.70. The van der Waals surface area contributed by atoms with Crippen LogP contribution in [0, 0.1) is 45.6 Å². The van der Waals surface area contributed by atoms with Crippen LogP contribution in [0.25, 0.3) is 11.3 Å². The number of hydrogen-bond donors (Lipinski definition) is 0. The third-order valence-electron chi connectivity index (χ3n) is 7.23. The second kappa shape index (κ2) is 6.62. The largest absolute Gasteiger partial charge is 0.496 e. The van der Waals surface area contributed by atoms with Crippen molar-refractivity contribution in [3.8, 4) is 17.1 Å². The molecule has 0 N–H and O–H groups in total. The van der Waals surface area contributed by atoms with Gasteiger partial charge in [0.15, 0.2) is 0 Å². The molecule has 6 atom stereocenters. The molecular weight excluding hydrogens is 414 g/mol. The maximum absolute atomic E-state index is 13.0. The molecule has 0 radical (unpaired) electrons. The molecule has 1 aliphatic heterocycles. The van der Waals surface area contributed by atoms with Gasteiger partial charge in [0.05, 0.1) is 41.7 Å². The summed E-state index contributed by atoms with van der Waals surface area (Å²) >= 11 is 0. The van der Waals surface area contributed by atoms with Gasteiger partial charge in [-0.05, 0) is 48.3 Å². The molecule has 2 aromatic rings. The molecule has 4 aliphatic carbocycles. The highest BCUT2D eigenvalue weighted by molar-refractivity contribution is 6.06. The van der Waals surface area contributed by atoms with E-state index in [4.69, 9.17) is 9.15 Å². The number of amides is 2. The number of carbonyl (C=O) groups is 2. The van der Waals surface area contributed by atoms with E-state index in [-0.39, 0.29) is 41.2 Å². The molecule has 1 aromatic carbocycles. The molecule has 0 spiro atoms. The summed E-state index contributed by atoms with van der Waals surface area (Å²) in [7, 11) is 1.42. The van der Waals surface area contributed by atoms with Gasteiger partial charge < -0.3 is 9.15 Å². The standard InChI is InChI=1S/C23H19N3O6/c1-31-19-8-11(26(29)30)2-4-15(19)18-7-3-12(32-18)10-24-25-22(27)20-13-5-6-14(17-9-16(13)17)21(20)23(25)28/h2-8,10,13-14,16-17,20-21H,9H2,1H3/b24-10+/t13-,14-,16-,17-,20-,21+/m1/s1. The summed E-state index contributed by atoms with van der Waals surface area (Å²) in [6, 6.07) is 7.56. The molecule has 1 aromatic heterocycles. The highest BCUT2D eigenvalue weighted by atomic mass is 16.6. The molecule has 2 heterocycles. The Morgan fingerprint density at radius 2 is 1.81 bits per heavy atom. The van der Waals surface area contributed by atoms with Crippen LogP contribution >= 0.6 is 0 Å². The topological polar surface area (TPSA) is 115 Å². The quantitative estimate of drug-likeness (QED) is 0.235. The van der Waals surface area contributed by atoms with E-state index >= 15 is 0 Å². The lowest BCUT2D eigenvalue weighted by Gasteiger charge is -2.37. The van der Waals surface area contributed by atoms with E-state index in [1.165, 1.54) is 25.5 Å². The van der Waals surface area contributed by atoms with Crippen molar-refractivity contribution >= 4 is 23.7 Å². The van der Waals surface area contributed by atoms with Crippen molar-refractivity contribution in [2.45, 2.75) is 6.42 Å². The van der Waals surface area contributed by atoms with E-state index in [2.05, 4.69) is 17.3 Å². The molecule has 9 nitrogen and oxygen atoms in total. The van der Waals surface area contributed by atoms with Gasteiger partial charge in [-0.2, -0.15) is 10.1 Å². The predicted octanol–water partition coefficient (Wildman–Crippen LogP) is 3.25. The average molecular weight is 433 g/mol. The summed E-state index contributed by atoms with van der Waals surface area (Å²) < 4.78 is 11.0. The number of furan rings is 1. The van der Waals surface area contributed by atoms with E-state index in [0.717, 1.165) is 11.4 Å². The second-order valence-electron chi connectivity index (χ2n) is 8.73. The van der Waals surface area contributed by atoms with E-state index in [0.29, 0.717) is 34.7 Å². The number of nitro benzene ring substituents is 1. The number of hydrazone groups is 1. The number of methoxy groups -OCH3 is 1. The van der Waals surface area contributed by atoms with Crippen LogP contribution in [-0.2, 0) is 9.59 Å². The fourth-order valence-corrected chi connectivity index (χ4v) is 5.73. The summed E-state index contributed by atoms with van der Waals surface area (Å²) in [6.45, 7) is 0. The summed E-state index contributed by atoms with van der Waals surface area (Å²) in [5, 5.41) is 16.2. The second-order valence-corrected chi connectivity index (χ2v) is 8.73. The maximum Gasteiger partial charge on any atom is 0.273 e. The third kappa shape index (κ3) is 2.60. The number of carbonyl (C=O) groups excluding carboxylic acids is 2. The Bertz CT molecular complexity index is 1190. The smallest absolute Gasteiger partial charge is 0.273 e. The van der Waals surface area contributed by atoms with E-state index in [9.17, 15) is 19.7 Å². The molecular formula is C23H19N3O6. The van der Waals surface area contributed by atoms with E-state index in [1.54, 1.807) is 18.2 Å². The van der Waals surface area contributed by atoms with Crippen LogP contribution in [0.1, 0.15) is 12.2 Å². The first-order chi connectivity index (χ1) is 15.5. The highest BCUT2D eigenvalue weighted by Gasteiger charge is 2.67. The number of nitro groups is 1. The van der Waals surface area contributed by atoms with Gasteiger partial charge in [-0.15, -0.1) is 0 Å². The highest BCUT2D eigenvalue weighted by Crippen LogP contribution is 2.65. The van der Waals surface area contributed by atoms with E-state index in [1.807, 2.05) is 0 Å². The van der Waals surface area contributed by atoms with Crippen molar-refractivity contribution < 1.29 is 23.7 Å². The first-order valence-corrected chi connectivity index (χ1v) is 10.5. The molecule has 162 valence electrons. The van der Waals surface area contributed by atoms with Crippen molar-refractivity contribution in [2.24, 2.45) is 40.6 Å². The summed E-state index contributed by atoms with van der Waals surface area (Å²) in [5.74, 6) is 1.39. The number of allylic oxidation sites excluding steroid dienone is 2. The number of non-ortho nitro benzene ring substituents is 1. The molecule has 7 rings (SSSR count). The minimum Gasteiger partial charge on any atom is -0.496 e. The van der Waals surface area contributed by atoms with Crippen molar-refractivity contribution in [3.05, 3.63) is 58.4 Å². The number of benzene rings is 1. The fourth-order valence-electron chi connectivity index (χ4n) is 5.73. The van der Waals surface area contributed by atoms with Gasteiger partial charge in [-0.25, -0.2) is 0 Å². The number of hydrogen-bond acceptors (Lipinski definition) is 7. The van der Waals surface area contributed by atoms with Crippen LogP contribution < -0.4 is 4.74 Å². The molecule has 3 fully saturated rings. The lowest BCUT2D eigenvalue weighted by Crippen LogP contribution is -2.40. The number of ether oxygens (including phenoxy) is 1. The van der Waals surface area contributed by atoms with Crippen LogP contribution in [0.15, 0.2) is 52.0 Å². The van der Waals surface area contributed by atoms with Crippen LogP contribution in [-0.4, -0.2) is 35.1 Å².